The van der Waals surface area contributed by atoms with Crippen LogP contribution in [0.2, 0.25) is 0 Å². The molecule has 1 aromatic carbocycles. The minimum Gasteiger partial charge on any atom is -0.396 e. The van der Waals surface area contributed by atoms with Gasteiger partial charge in [-0.05, 0) is 24.3 Å². The SMILES string of the molecule is OCCCSCCNCC#Cc1ccccc1. The molecule has 0 atom stereocenters. The van der Waals surface area contributed by atoms with Crippen LogP contribution >= 0.6 is 11.8 Å². The molecule has 0 radical (unpaired) electrons. The highest BCUT2D eigenvalue weighted by molar-refractivity contribution is 7.99. The Hall–Kier alpha value is -0.950. The Labute approximate surface area is 108 Å². The Morgan fingerprint density at radius 1 is 1.18 bits per heavy atom. The van der Waals surface area contributed by atoms with E-state index in [0.29, 0.717) is 6.61 Å². The van der Waals surface area contributed by atoms with Gasteiger partial charge in [-0.25, -0.2) is 0 Å². The fourth-order valence-corrected chi connectivity index (χ4v) is 2.06. The number of aliphatic hydroxyl groups is 1. The maximum atomic E-state index is 8.60. The van der Waals surface area contributed by atoms with Crippen LogP contribution in [0.5, 0.6) is 0 Å². The molecule has 2 nitrogen and oxygen atoms in total. The summed E-state index contributed by atoms with van der Waals surface area (Å²) in [5.41, 5.74) is 1.06. The summed E-state index contributed by atoms with van der Waals surface area (Å²) >= 11 is 1.86. The molecular weight excluding hydrogens is 230 g/mol. The molecule has 0 heterocycles. The minimum atomic E-state index is 0.295. The molecule has 1 rings (SSSR count). The third-order valence-electron chi connectivity index (χ3n) is 2.09. The van der Waals surface area contributed by atoms with Crippen molar-refractivity contribution in [2.75, 3.05) is 31.2 Å². The molecule has 0 bridgehead atoms. The van der Waals surface area contributed by atoms with E-state index in [1.165, 1.54) is 0 Å². The summed E-state index contributed by atoms with van der Waals surface area (Å²) in [6, 6.07) is 10.0. The van der Waals surface area contributed by atoms with Gasteiger partial charge in [-0.15, -0.1) is 0 Å². The Morgan fingerprint density at radius 3 is 2.76 bits per heavy atom. The van der Waals surface area contributed by atoms with Crippen LogP contribution in [0.25, 0.3) is 0 Å². The van der Waals surface area contributed by atoms with Crippen LogP contribution in [-0.2, 0) is 0 Å². The van der Waals surface area contributed by atoms with Crippen LogP contribution in [0.4, 0.5) is 0 Å². The van der Waals surface area contributed by atoms with Gasteiger partial charge in [-0.2, -0.15) is 11.8 Å². The van der Waals surface area contributed by atoms with Gasteiger partial charge >= 0.3 is 0 Å². The van der Waals surface area contributed by atoms with E-state index in [9.17, 15) is 0 Å². The second kappa shape index (κ2) is 10.2. The maximum Gasteiger partial charge on any atom is 0.0580 e. The lowest BCUT2D eigenvalue weighted by Gasteiger charge is -2.00. The lowest BCUT2D eigenvalue weighted by atomic mass is 10.2. The molecule has 0 aromatic heterocycles. The maximum absolute atomic E-state index is 8.60. The van der Waals surface area contributed by atoms with E-state index in [-0.39, 0.29) is 0 Å². The van der Waals surface area contributed by atoms with E-state index >= 15 is 0 Å². The average molecular weight is 249 g/mol. The molecule has 0 saturated heterocycles. The second-order valence-electron chi connectivity index (χ2n) is 3.53. The predicted octanol–water partition coefficient (Wildman–Crippen LogP) is 1.74. The Morgan fingerprint density at radius 2 is 2.00 bits per heavy atom. The standard InChI is InChI=1S/C14H19NOS/c16-11-5-12-17-13-10-15-9-4-8-14-6-2-1-3-7-14/h1-3,6-7,15-16H,5,9-13H2. The molecule has 0 amide bonds. The Kier molecular flexibility index (Phi) is 8.48. The average Bonchev–Trinajstić information content (AvgIpc) is 2.38. The van der Waals surface area contributed by atoms with Gasteiger partial charge in [-0.1, -0.05) is 30.0 Å². The van der Waals surface area contributed by atoms with Gasteiger partial charge in [0, 0.05) is 24.5 Å². The highest BCUT2D eigenvalue weighted by Gasteiger charge is 1.88. The van der Waals surface area contributed by atoms with Crippen molar-refractivity contribution in [1.29, 1.82) is 0 Å². The van der Waals surface area contributed by atoms with Crippen molar-refractivity contribution < 1.29 is 5.11 Å². The Balaban J connectivity index is 1.99. The number of benzene rings is 1. The van der Waals surface area contributed by atoms with Crippen LogP contribution in [-0.4, -0.2) is 36.3 Å². The van der Waals surface area contributed by atoms with Crippen LogP contribution in [0.1, 0.15) is 12.0 Å². The highest BCUT2D eigenvalue weighted by Crippen LogP contribution is 1.99. The van der Waals surface area contributed by atoms with Gasteiger partial charge in [0.2, 0.25) is 0 Å². The quantitative estimate of drug-likeness (QED) is 0.570. The normalized spacial score (nSPS) is 9.71. The van der Waals surface area contributed by atoms with Gasteiger partial charge in [0.25, 0.3) is 0 Å². The topological polar surface area (TPSA) is 32.3 Å². The number of rotatable bonds is 7. The van der Waals surface area contributed by atoms with E-state index in [1.807, 2.05) is 42.1 Å². The molecule has 17 heavy (non-hydrogen) atoms. The van der Waals surface area contributed by atoms with E-state index < -0.39 is 0 Å². The molecule has 2 N–H and O–H groups in total. The van der Waals surface area contributed by atoms with Gasteiger partial charge in [0.15, 0.2) is 0 Å². The van der Waals surface area contributed by atoms with E-state index in [2.05, 4.69) is 17.2 Å². The van der Waals surface area contributed by atoms with E-state index in [1.54, 1.807) is 0 Å². The number of hydrogen-bond donors (Lipinski definition) is 2. The molecule has 0 spiro atoms. The first kappa shape index (κ1) is 14.1. The summed E-state index contributed by atoms with van der Waals surface area (Å²) < 4.78 is 0. The summed E-state index contributed by atoms with van der Waals surface area (Å²) in [7, 11) is 0. The van der Waals surface area contributed by atoms with Gasteiger partial charge in [-0.3, -0.25) is 0 Å². The fraction of sp³-hybridized carbons (Fsp3) is 0.429. The molecule has 0 saturated carbocycles. The first-order valence-corrected chi connectivity index (χ1v) is 7.02. The largest absolute Gasteiger partial charge is 0.396 e. The highest BCUT2D eigenvalue weighted by atomic mass is 32.2. The first-order chi connectivity index (χ1) is 8.43. The second-order valence-corrected chi connectivity index (χ2v) is 4.76. The van der Waals surface area contributed by atoms with Crippen LogP contribution in [0.3, 0.4) is 0 Å². The van der Waals surface area contributed by atoms with Crippen molar-refractivity contribution in [3.05, 3.63) is 35.9 Å². The van der Waals surface area contributed by atoms with Gasteiger partial charge in [0.1, 0.15) is 0 Å². The molecule has 0 unspecified atom stereocenters. The molecule has 3 heteroatoms. The Bertz CT molecular complexity index is 342. The van der Waals surface area contributed by atoms with Crippen molar-refractivity contribution in [3.8, 4) is 11.8 Å². The zero-order chi connectivity index (χ0) is 12.2. The van der Waals surface area contributed by atoms with Crippen LogP contribution in [0, 0.1) is 11.8 Å². The van der Waals surface area contributed by atoms with E-state index in [4.69, 9.17) is 5.11 Å². The summed E-state index contributed by atoms with van der Waals surface area (Å²) in [6.07, 6.45) is 0.887. The summed E-state index contributed by atoms with van der Waals surface area (Å²) in [5.74, 6) is 8.31. The number of hydrogen-bond acceptors (Lipinski definition) is 3. The third-order valence-corrected chi connectivity index (χ3v) is 3.16. The molecule has 0 fully saturated rings. The molecule has 0 aliphatic heterocycles. The number of aliphatic hydroxyl groups excluding tert-OH is 1. The lowest BCUT2D eigenvalue weighted by molar-refractivity contribution is 0.296. The predicted molar refractivity (Wildman–Crippen MR) is 75.2 cm³/mol. The third kappa shape index (κ3) is 7.87. The van der Waals surface area contributed by atoms with Crippen molar-refractivity contribution in [2.24, 2.45) is 0 Å². The van der Waals surface area contributed by atoms with Gasteiger partial charge in [0.05, 0.1) is 6.54 Å². The fourth-order valence-electron chi connectivity index (χ4n) is 1.23. The monoisotopic (exact) mass is 249 g/mol. The molecule has 0 aliphatic carbocycles. The van der Waals surface area contributed by atoms with Crippen LogP contribution in [0.15, 0.2) is 30.3 Å². The molecule has 92 valence electrons. The summed E-state index contributed by atoms with van der Waals surface area (Å²) in [4.78, 5) is 0. The number of nitrogens with one attached hydrogen (secondary N) is 1. The van der Waals surface area contributed by atoms with Crippen molar-refractivity contribution >= 4 is 11.8 Å². The van der Waals surface area contributed by atoms with Crippen molar-refractivity contribution in [3.63, 3.8) is 0 Å². The summed E-state index contributed by atoms with van der Waals surface area (Å²) in [6.45, 7) is 2.00. The van der Waals surface area contributed by atoms with Crippen molar-refractivity contribution in [1.82, 2.24) is 5.32 Å². The molecular formula is C14H19NOS. The molecule has 0 aliphatic rings. The number of thioether (sulfide) groups is 1. The van der Waals surface area contributed by atoms with E-state index in [0.717, 1.165) is 36.6 Å². The minimum absolute atomic E-state index is 0.295. The zero-order valence-corrected chi connectivity index (χ0v) is 10.8. The summed E-state index contributed by atoms with van der Waals surface area (Å²) in [5, 5.41) is 11.9. The van der Waals surface area contributed by atoms with Crippen LogP contribution < -0.4 is 5.32 Å². The van der Waals surface area contributed by atoms with Crippen molar-refractivity contribution in [2.45, 2.75) is 6.42 Å². The smallest absolute Gasteiger partial charge is 0.0580 e. The van der Waals surface area contributed by atoms with Gasteiger partial charge < -0.3 is 10.4 Å². The zero-order valence-electron chi connectivity index (χ0n) is 9.98. The lowest BCUT2D eigenvalue weighted by Crippen LogP contribution is -2.17. The molecule has 1 aromatic rings. The first-order valence-electron chi connectivity index (χ1n) is 5.86.